The smallest absolute Gasteiger partial charge is 0.329 e. The Morgan fingerprint density at radius 2 is 1.70 bits per heavy atom. The molecule has 1 heterocycles. The van der Waals surface area contributed by atoms with Crippen LogP contribution in [0.5, 0.6) is 11.5 Å². The number of methoxy groups -OCH3 is 2. The van der Waals surface area contributed by atoms with Crippen molar-refractivity contribution in [2.45, 2.75) is 13.0 Å². The highest BCUT2D eigenvalue weighted by molar-refractivity contribution is 5.92. The molecule has 0 aliphatic carbocycles. The fourth-order valence-electron chi connectivity index (χ4n) is 3.71. The van der Waals surface area contributed by atoms with Gasteiger partial charge in [0.1, 0.15) is 0 Å². The minimum Gasteiger partial charge on any atom is -0.493 e. The average molecular weight is 445 g/mol. The molecule has 0 aliphatic rings. The van der Waals surface area contributed by atoms with Crippen molar-refractivity contribution in [2.75, 3.05) is 19.5 Å². The van der Waals surface area contributed by atoms with Crippen LogP contribution in [0, 0.1) is 0 Å². The first-order valence-electron chi connectivity index (χ1n) is 10.3. The first kappa shape index (κ1) is 21.9. The number of nitrogens with one attached hydrogen (secondary N) is 2. The van der Waals surface area contributed by atoms with Crippen LogP contribution in [0.15, 0.2) is 76.3 Å². The Bertz CT molecular complexity index is 1440. The van der Waals surface area contributed by atoms with Gasteiger partial charge >= 0.3 is 5.69 Å². The summed E-state index contributed by atoms with van der Waals surface area (Å²) in [5.41, 5.74) is 1.85. The second-order valence-corrected chi connectivity index (χ2v) is 7.48. The van der Waals surface area contributed by atoms with E-state index >= 15 is 0 Å². The van der Waals surface area contributed by atoms with Gasteiger partial charge in [0.25, 0.3) is 5.56 Å². The average Bonchev–Trinajstić information content (AvgIpc) is 2.82. The van der Waals surface area contributed by atoms with Gasteiger partial charge in [-0.15, -0.1) is 0 Å². The van der Waals surface area contributed by atoms with Gasteiger partial charge in [-0.3, -0.25) is 19.1 Å². The minimum absolute atomic E-state index is 0.161. The lowest BCUT2D eigenvalue weighted by molar-refractivity contribution is -0.115. The molecule has 8 nitrogen and oxygen atoms in total. The summed E-state index contributed by atoms with van der Waals surface area (Å²) in [5.74, 6) is 0.966. The van der Waals surface area contributed by atoms with Crippen LogP contribution >= 0.6 is 0 Å². The number of carbonyl (C=O) groups excluding carboxylic acids is 1. The van der Waals surface area contributed by atoms with Crippen molar-refractivity contribution in [2.24, 2.45) is 0 Å². The van der Waals surface area contributed by atoms with E-state index in [2.05, 4.69) is 10.3 Å². The maximum Gasteiger partial charge on any atom is 0.329 e. The monoisotopic (exact) mass is 445 g/mol. The summed E-state index contributed by atoms with van der Waals surface area (Å²) in [6.45, 7) is 0.246. The number of nitrogens with zero attached hydrogens (tertiary/aromatic N) is 1. The predicted molar refractivity (Wildman–Crippen MR) is 126 cm³/mol. The molecule has 0 spiro atoms. The van der Waals surface area contributed by atoms with Crippen molar-refractivity contribution in [3.05, 3.63) is 98.7 Å². The second kappa shape index (κ2) is 9.44. The SMILES string of the molecule is COc1ccc(CC(=O)Nc2cccc(Cn3c(=O)[nH]c(=O)c4ccccc43)c2)cc1OC. The van der Waals surface area contributed by atoms with Crippen molar-refractivity contribution in [1.82, 2.24) is 9.55 Å². The van der Waals surface area contributed by atoms with Crippen LogP contribution in [-0.4, -0.2) is 29.7 Å². The van der Waals surface area contributed by atoms with Gasteiger partial charge in [-0.1, -0.05) is 30.3 Å². The molecular weight excluding hydrogens is 422 g/mol. The molecule has 168 valence electrons. The van der Waals surface area contributed by atoms with Gasteiger partial charge in [-0.25, -0.2) is 4.79 Å². The third kappa shape index (κ3) is 4.79. The lowest BCUT2D eigenvalue weighted by atomic mass is 10.1. The minimum atomic E-state index is -0.485. The Morgan fingerprint density at radius 1 is 0.909 bits per heavy atom. The van der Waals surface area contributed by atoms with Crippen molar-refractivity contribution in [1.29, 1.82) is 0 Å². The van der Waals surface area contributed by atoms with Gasteiger partial charge in [0.2, 0.25) is 5.91 Å². The van der Waals surface area contributed by atoms with Crippen LogP contribution in [0.4, 0.5) is 5.69 Å². The lowest BCUT2D eigenvalue weighted by Crippen LogP contribution is -2.30. The largest absolute Gasteiger partial charge is 0.493 e. The Kier molecular flexibility index (Phi) is 6.26. The number of aromatic nitrogens is 2. The molecule has 0 atom stereocenters. The highest BCUT2D eigenvalue weighted by atomic mass is 16.5. The zero-order chi connectivity index (χ0) is 23.4. The summed E-state index contributed by atoms with van der Waals surface area (Å²) in [4.78, 5) is 39.5. The highest BCUT2D eigenvalue weighted by Gasteiger charge is 2.11. The van der Waals surface area contributed by atoms with Crippen LogP contribution in [0.3, 0.4) is 0 Å². The fraction of sp³-hybridized carbons (Fsp3) is 0.160. The molecule has 0 bridgehead atoms. The summed E-state index contributed by atoms with van der Waals surface area (Å²) in [5, 5.41) is 3.33. The molecule has 4 rings (SSSR count). The summed E-state index contributed by atoms with van der Waals surface area (Å²) in [6.07, 6.45) is 0.161. The normalized spacial score (nSPS) is 10.7. The molecule has 8 heteroatoms. The van der Waals surface area contributed by atoms with Gasteiger partial charge in [0.05, 0.1) is 38.1 Å². The van der Waals surface area contributed by atoms with Crippen molar-refractivity contribution < 1.29 is 14.3 Å². The standard InChI is InChI=1S/C25H23N3O5/c1-32-21-11-10-16(13-22(21)33-2)14-23(29)26-18-7-5-6-17(12-18)15-28-20-9-4-3-8-19(20)24(30)27-25(28)31/h3-13H,14-15H2,1-2H3,(H,26,29)(H,27,30,31). The number of amides is 1. The highest BCUT2D eigenvalue weighted by Crippen LogP contribution is 2.27. The molecule has 2 N–H and O–H groups in total. The number of anilines is 1. The van der Waals surface area contributed by atoms with E-state index in [1.54, 1.807) is 68.8 Å². The van der Waals surface area contributed by atoms with Crippen molar-refractivity contribution in [3.8, 4) is 11.5 Å². The second-order valence-electron chi connectivity index (χ2n) is 7.48. The van der Waals surface area contributed by atoms with Gasteiger partial charge in [-0.05, 0) is 47.5 Å². The molecule has 4 aromatic rings. The van der Waals surface area contributed by atoms with Crippen molar-refractivity contribution >= 4 is 22.5 Å². The third-order valence-electron chi connectivity index (χ3n) is 5.27. The molecule has 33 heavy (non-hydrogen) atoms. The summed E-state index contributed by atoms with van der Waals surface area (Å²) in [6, 6.07) is 19.5. The van der Waals surface area contributed by atoms with Crippen LogP contribution in [0.2, 0.25) is 0 Å². The molecular formula is C25H23N3O5. The van der Waals surface area contributed by atoms with Gasteiger partial charge in [-0.2, -0.15) is 0 Å². The van der Waals surface area contributed by atoms with E-state index in [9.17, 15) is 14.4 Å². The number of benzene rings is 3. The summed E-state index contributed by atoms with van der Waals surface area (Å²) in [7, 11) is 3.10. The van der Waals surface area contributed by atoms with Crippen LogP contribution in [0.1, 0.15) is 11.1 Å². The zero-order valence-electron chi connectivity index (χ0n) is 18.3. The number of hydrogen-bond donors (Lipinski definition) is 2. The van der Waals surface area contributed by atoms with Crippen LogP contribution < -0.4 is 26.0 Å². The zero-order valence-corrected chi connectivity index (χ0v) is 18.3. The van der Waals surface area contributed by atoms with E-state index in [1.807, 2.05) is 12.1 Å². The quantitative estimate of drug-likeness (QED) is 0.455. The number of fused-ring (bicyclic) bond motifs is 1. The number of carbonyl (C=O) groups is 1. The molecule has 0 unspecified atom stereocenters. The van der Waals surface area contributed by atoms with E-state index in [-0.39, 0.29) is 18.9 Å². The molecule has 1 aromatic heterocycles. The third-order valence-corrected chi connectivity index (χ3v) is 5.27. The summed E-state index contributed by atoms with van der Waals surface area (Å²) >= 11 is 0. The maximum atomic E-state index is 12.6. The van der Waals surface area contributed by atoms with Gasteiger partial charge in [0, 0.05) is 5.69 Å². The topological polar surface area (TPSA) is 102 Å². The first-order valence-corrected chi connectivity index (χ1v) is 10.3. The number of ether oxygens (including phenoxy) is 2. The van der Waals surface area contributed by atoms with E-state index < -0.39 is 11.2 Å². The van der Waals surface area contributed by atoms with Crippen LogP contribution in [0.25, 0.3) is 10.9 Å². The van der Waals surface area contributed by atoms with Crippen LogP contribution in [-0.2, 0) is 17.8 Å². The molecule has 0 aliphatic heterocycles. The number of hydrogen-bond acceptors (Lipinski definition) is 5. The Balaban J connectivity index is 1.52. The Hall–Kier alpha value is -4.33. The van der Waals surface area contributed by atoms with Crippen molar-refractivity contribution in [3.63, 3.8) is 0 Å². The molecule has 0 fully saturated rings. The Morgan fingerprint density at radius 3 is 2.48 bits per heavy atom. The maximum absolute atomic E-state index is 12.6. The van der Waals surface area contributed by atoms with E-state index in [0.717, 1.165) is 11.1 Å². The molecule has 1 amide bonds. The van der Waals surface area contributed by atoms with E-state index in [0.29, 0.717) is 28.1 Å². The number of rotatable bonds is 7. The predicted octanol–water partition coefficient (Wildman–Crippen LogP) is 2.94. The molecule has 0 saturated carbocycles. The van der Waals surface area contributed by atoms with Gasteiger partial charge in [0.15, 0.2) is 11.5 Å². The molecule has 3 aromatic carbocycles. The first-order chi connectivity index (χ1) is 16.0. The van der Waals surface area contributed by atoms with E-state index in [1.165, 1.54) is 4.57 Å². The van der Waals surface area contributed by atoms with Gasteiger partial charge < -0.3 is 14.8 Å². The fourth-order valence-corrected chi connectivity index (χ4v) is 3.71. The number of para-hydroxylation sites is 1. The lowest BCUT2D eigenvalue weighted by Gasteiger charge is -2.12. The van der Waals surface area contributed by atoms with E-state index in [4.69, 9.17) is 9.47 Å². The number of H-pyrrole nitrogens is 1. The molecule has 0 radical (unpaired) electrons. The molecule has 0 saturated heterocycles. The number of aromatic amines is 1. The summed E-state index contributed by atoms with van der Waals surface area (Å²) < 4.78 is 12.0. The Labute approximate surface area is 189 Å².